The Hall–Kier alpha value is -2.34. The third-order valence-corrected chi connectivity index (χ3v) is 3.88. The summed E-state index contributed by atoms with van der Waals surface area (Å²) >= 11 is 0. The van der Waals surface area contributed by atoms with Gasteiger partial charge in [-0.25, -0.2) is 4.68 Å². The van der Waals surface area contributed by atoms with Crippen molar-refractivity contribution in [1.29, 1.82) is 0 Å². The number of hydrogen-bond acceptors (Lipinski definition) is 4. The van der Waals surface area contributed by atoms with Crippen LogP contribution in [-0.2, 0) is 0 Å². The van der Waals surface area contributed by atoms with Crippen LogP contribution in [0, 0.1) is 5.92 Å². The number of carbonyl (C=O) groups is 1. The minimum Gasteiger partial charge on any atom is -0.497 e. The van der Waals surface area contributed by atoms with Crippen molar-refractivity contribution < 1.29 is 9.53 Å². The van der Waals surface area contributed by atoms with Crippen molar-refractivity contribution in [3.8, 4) is 11.4 Å². The van der Waals surface area contributed by atoms with Crippen molar-refractivity contribution in [2.45, 2.75) is 32.7 Å². The molecule has 1 aromatic heterocycles. The van der Waals surface area contributed by atoms with E-state index in [0.29, 0.717) is 18.2 Å². The molecule has 0 aliphatic carbocycles. The van der Waals surface area contributed by atoms with E-state index < -0.39 is 5.54 Å². The van der Waals surface area contributed by atoms with Gasteiger partial charge in [-0.2, -0.15) is 5.10 Å². The third kappa shape index (κ3) is 4.35. The molecule has 1 atom stereocenters. The number of nitrogens with one attached hydrogen (secondary N) is 1. The molecule has 2 aromatic rings. The number of rotatable bonds is 7. The molecule has 1 unspecified atom stereocenters. The Labute approximate surface area is 143 Å². The zero-order valence-corrected chi connectivity index (χ0v) is 14.7. The number of aromatic nitrogens is 2. The summed E-state index contributed by atoms with van der Waals surface area (Å²) in [5.74, 6) is 1.00. The lowest BCUT2D eigenvalue weighted by Gasteiger charge is -2.30. The first kappa shape index (κ1) is 18.0. The highest BCUT2D eigenvalue weighted by Crippen LogP contribution is 2.17. The van der Waals surface area contributed by atoms with E-state index in [9.17, 15) is 4.79 Å². The highest BCUT2D eigenvalue weighted by atomic mass is 16.5. The quantitative estimate of drug-likeness (QED) is 0.816. The Balaban J connectivity index is 2.12. The van der Waals surface area contributed by atoms with Gasteiger partial charge in [0, 0.05) is 12.7 Å². The second-order valence-electron chi connectivity index (χ2n) is 6.66. The highest BCUT2D eigenvalue weighted by Gasteiger charge is 2.27. The van der Waals surface area contributed by atoms with Crippen LogP contribution < -0.4 is 15.8 Å². The summed E-state index contributed by atoms with van der Waals surface area (Å²) in [6.07, 6.45) is 2.58. The average Bonchev–Trinajstić information content (AvgIpc) is 3.04. The highest BCUT2D eigenvalue weighted by molar-refractivity contribution is 5.92. The maximum atomic E-state index is 12.5. The second kappa shape index (κ2) is 7.49. The second-order valence-corrected chi connectivity index (χ2v) is 6.66. The van der Waals surface area contributed by atoms with Crippen LogP contribution in [0.4, 0.5) is 0 Å². The van der Waals surface area contributed by atoms with Gasteiger partial charge in [-0.3, -0.25) is 4.79 Å². The fourth-order valence-electron chi connectivity index (χ4n) is 2.75. The van der Waals surface area contributed by atoms with Crippen molar-refractivity contribution in [2.24, 2.45) is 11.7 Å². The molecule has 24 heavy (non-hydrogen) atoms. The van der Waals surface area contributed by atoms with Crippen molar-refractivity contribution in [3.63, 3.8) is 0 Å². The van der Waals surface area contributed by atoms with E-state index in [-0.39, 0.29) is 5.91 Å². The molecule has 0 spiro atoms. The number of benzene rings is 1. The molecule has 0 saturated carbocycles. The van der Waals surface area contributed by atoms with Gasteiger partial charge in [0.25, 0.3) is 5.91 Å². The van der Waals surface area contributed by atoms with Crippen LogP contribution in [0.1, 0.15) is 37.7 Å². The summed E-state index contributed by atoms with van der Waals surface area (Å²) in [4.78, 5) is 12.5. The zero-order valence-electron chi connectivity index (χ0n) is 14.7. The Morgan fingerprint density at radius 1 is 1.33 bits per heavy atom. The molecule has 6 nitrogen and oxygen atoms in total. The van der Waals surface area contributed by atoms with E-state index in [1.807, 2.05) is 31.2 Å². The van der Waals surface area contributed by atoms with Crippen LogP contribution in [-0.4, -0.2) is 34.9 Å². The van der Waals surface area contributed by atoms with Gasteiger partial charge in [-0.15, -0.1) is 0 Å². The minimum absolute atomic E-state index is 0.212. The molecule has 6 heteroatoms. The van der Waals surface area contributed by atoms with Crippen LogP contribution in [0.2, 0.25) is 0 Å². The number of nitrogens with zero attached hydrogens (tertiary/aromatic N) is 2. The first-order valence-corrected chi connectivity index (χ1v) is 8.09. The van der Waals surface area contributed by atoms with E-state index in [2.05, 4.69) is 24.3 Å². The summed E-state index contributed by atoms with van der Waals surface area (Å²) in [6.45, 7) is 6.57. The van der Waals surface area contributed by atoms with Crippen molar-refractivity contribution in [1.82, 2.24) is 15.1 Å². The van der Waals surface area contributed by atoms with Crippen LogP contribution >= 0.6 is 0 Å². The predicted molar refractivity (Wildman–Crippen MR) is 94.5 cm³/mol. The fraction of sp³-hybridized carbons (Fsp3) is 0.444. The summed E-state index contributed by atoms with van der Waals surface area (Å²) in [7, 11) is 1.62. The molecule has 0 aliphatic heterocycles. The maximum absolute atomic E-state index is 12.5. The Bertz CT molecular complexity index is 679. The Morgan fingerprint density at radius 2 is 2.00 bits per heavy atom. The lowest BCUT2D eigenvalue weighted by atomic mass is 9.90. The molecular weight excluding hydrogens is 304 g/mol. The standard InChI is InChI=1S/C18H26N4O2/c1-13(2)11-18(3,12-19)20-17(23)16-9-10-22(21-16)14-5-7-15(24-4)8-6-14/h5-10,13H,11-12,19H2,1-4H3,(H,20,23). The first-order chi connectivity index (χ1) is 11.4. The number of amides is 1. The number of hydrogen-bond donors (Lipinski definition) is 2. The number of carbonyl (C=O) groups excluding carboxylic acids is 1. The molecule has 0 fully saturated rings. The van der Waals surface area contributed by atoms with Gasteiger partial charge < -0.3 is 15.8 Å². The average molecular weight is 330 g/mol. The van der Waals surface area contributed by atoms with Gasteiger partial charge >= 0.3 is 0 Å². The number of nitrogens with two attached hydrogens (primary N) is 1. The lowest BCUT2D eigenvalue weighted by molar-refractivity contribution is 0.0892. The van der Waals surface area contributed by atoms with Crippen molar-refractivity contribution in [3.05, 3.63) is 42.2 Å². The van der Waals surface area contributed by atoms with Gasteiger partial charge in [-0.05, 0) is 49.6 Å². The van der Waals surface area contributed by atoms with Crippen LogP contribution in [0.15, 0.2) is 36.5 Å². The smallest absolute Gasteiger partial charge is 0.272 e. The Morgan fingerprint density at radius 3 is 2.54 bits per heavy atom. The minimum atomic E-state index is -0.435. The molecule has 0 bridgehead atoms. The molecular formula is C18H26N4O2. The predicted octanol–water partition coefficient (Wildman–Crippen LogP) is 2.37. The molecule has 2 rings (SSSR count). The normalized spacial score (nSPS) is 13.6. The summed E-state index contributed by atoms with van der Waals surface area (Å²) in [5.41, 5.74) is 6.65. The topological polar surface area (TPSA) is 82.2 Å². The summed E-state index contributed by atoms with van der Waals surface area (Å²) in [6, 6.07) is 9.17. The molecule has 1 heterocycles. The van der Waals surface area contributed by atoms with Gasteiger partial charge in [0.15, 0.2) is 5.69 Å². The van der Waals surface area contributed by atoms with Gasteiger partial charge in [-0.1, -0.05) is 13.8 Å². The van der Waals surface area contributed by atoms with Gasteiger partial charge in [0.05, 0.1) is 18.3 Å². The van der Waals surface area contributed by atoms with Crippen molar-refractivity contribution >= 4 is 5.91 Å². The lowest BCUT2D eigenvalue weighted by Crippen LogP contribution is -2.52. The largest absolute Gasteiger partial charge is 0.497 e. The monoisotopic (exact) mass is 330 g/mol. The fourth-order valence-corrected chi connectivity index (χ4v) is 2.75. The van der Waals surface area contributed by atoms with Gasteiger partial charge in [0.2, 0.25) is 0 Å². The molecule has 1 amide bonds. The SMILES string of the molecule is COc1ccc(-n2ccc(C(=O)NC(C)(CN)CC(C)C)n2)cc1. The van der Waals surface area contributed by atoms with E-state index in [0.717, 1.165) is 17.9 Å². The Kier molecular flexibility index (Phi) is 5.62. The molecule has 0 radical (unpaired) electrons. The number of ether oxygens (including phenoxy) is 1. The van der Waals surface area contributed by atoms with E-state index >= 15 is 0 Å². The van der Waals surface area contributed by atoms with E-state index in [1.165, 1.54) is 0 Å². The number of methoxy groups -OCH3 is 1. The van der Waals surface area contributed by atoms with Crippen LogP contribution in [0.25, 0.3) is 5.69 Å². The van der Waals surface area contributed by atoms with Crippen molar-refractivity contribution in [2.75, 3.05) is 13.7 Å². The summed E-state index contributed by atoms with van der Waals surface area (Å²) in [5, 5.41) is 7.37. The summed E-state index contributed by atoms with van der Waals surface area (Å²) < 4.78 is 6.80. The molecule has 0 saturated heterocycles. The molecule has 130 valence electrons. The molecule has 1 aromatic carbocycles. The van der Waals surface area contributed by atoms with Gasteiger partial charge in [0.1, 0.15) is 5.75 Å². The van der Waals surface area contributed by atoms with Crippen LogP contribution in [0.5, 0.6) is 5.75 Å². The molecule has 3 N–H and O–H groups in total. The van der Waals surface area contributed by atoms with Crippen LogP contribution in [0.3, 0.4) is 0 Å². The first-order valence-electron chi connectivity index (χ1n) is 8.09. The zero-order chi connectivity index (χ0) is 17.7. The van der Waals surface area contributed by atoms with E-state index in [1.54, 1.807) is 24.1 Å². The third-order valence-electron chi connectivity index (χ3n) is 3.88. The van der Waals surface area contributed by atoms with E-state index in [4.69, 9.17) is 10.5 Å². The molecule has 0 aliphatic rings. The maximum Gasteiger partial charge on any atom is 0.272 e.